The van der Waals surface area contributed by atoms with Crippen molar-refractivity contribution in [2.24, 2.45) is 0 Å². The average Bonchev–Trinajstić information content (AvgIpc) is 3.13. The molecule has 1 aromatic heterocycles. The molecular formula is C19H18N4O3S. The Bertz CT molecular complexity index is 933. The Hall–Kier alpha value is -2.74. The Labute approximate surface area is 160 Å². The molecule has 0 spiro atoms. The Morgan fingerprint density at radius 1 is 1.26 bits per heavy atom. The van der Waals surface area contributed by atoms with Crippen LogP contribution in [0.15, 0.2) is 41.7 Å². The van der Waals surface area contributed by atoms with Crippen LogP contribution >= 0.6 is 11.8 Å². The molecule has 2 aliphatic rings. The minimum absolute atomic E-state index is 0.0183. The van der Waals surface area contributed by atoms with E-state index in [0.717, 1.165) is 12.1 Å². The number of rotatable bonds is 3. The predicted octanol–water partition coefficient (Wildman–Crippen LogP) is 2.06. The van der Waals surface area contributed by atoms with Crippen molar-refractivity contribution in [2.75, 3.05) is 17.2 Å². The number of thioether (sulfide) groups is 1. The van der Waals surface area contributed by atoms with Crippen LogP contribution in [0.25, 0.3) is 0 Å². The first-order chi connectivity index (χ1) is 13.1. The minimum Gasteiger partial charge on any atom is -0.327 e. The van der Waals surface area contributed by atoms with Gasteiger partial charge in [0.1, 0.15) is 6.04 Å². The predicted molar refractivity (Wildman–Crippen MR) is 100 cm³/mol. The summed E-state index contributed by atoms with van der Waals surface area (Å²) in [6.45, 7) is 2.39. The van der Waals surface area contributed by atoms with Crippen LogP contribution in [0.5, 0.6) is 0 Å². The van der Waals surface area contributed by atoms with Crippen molar-refractivity contribution in [3.05, 3.63) is 47.8 Å². The molecule has 0 unspecified atom stereocenters. The largest absolute Gasteiger partial charge is 0.327 e. The van der Waals surface area contributed by atoms with Crippen molar-refractivity contribution in [1.82, 2.24) is 14.9 Å². The Kier molecular flexibility index (Phi) is 4.65. The highest BCUT2D eigenvalue weighted by molar-refractivity contribution is 7.99. The molecule has 27 heavy (non-hydrogen) atoms. The zero-order valence-electron chi connectivity index (χ0n) is 14.8. The summed E-state index contributed by atoms with van der Waals surface area (Å²) >= 11 is 1.18. The summed E-state index contributed by atoms with van der Waals surface area (Å²) < 4.78 is 0. The van der Waals surface area contributed by atoms with Gasteiger partial charge in [-0.05, 0) is 38.0 Å². The van der Waals surface area contributed by atoms with Crippen molar-refractivity contribution >= 4 is 35.2 Å². The molecule has 1 aromatic carbocycles. The first-order valence-electron chi connectivity index (χ1n) is 8.75. The molecule has 3 heterocycles. The number of fused-ring (bicyclic) bond motifs is 2. The standard InChI is InChI=1S/C19H18N4O3S/c1-12-8-9-20-19(21-12)27-11-16(24)23-14-6-3-2-5-13(14)17(25)22-10-4-7-15(22)18(23)26/h2-3,5-6,8-9,15H,4,7,10-11H2,1H3/t15-/m0/s1. The average molecular weight is 382 g/mol. The van der Waals surface area contributed by atoms with Crippen molar-refractivity contribution < 1.29 is 14.4 Å². The summed E-state index contributed by atoms with van der Waals surface area (Å²) in [4.78, 5) is 50.1. The molecule has 138 valence electrons. The highest BCUT2D eigenvalue weighted by Crippen LogP contribution is 2.33. The summed E-state index contributed by atoms with van der Waals surface area (Å²) in [5, 5.41) is 0.484. The Morgan fingerprint density at radius 2 is 2.07 bits per heavy atom. The molecule has 0 bridgehead atoms. The molecular weight excluding hydrogens is 364 g/mol. The highest BCUT2D eigenvalue weighted by Gasteiger charge is 2.43. The number of nitrogens with zero attached hydrogens (tertiary/aromatic N) is 4. The van der Waals surface area contributed by atoms with Gasteiger partial charge in [0.2, 0.25) is 5.91 Å². The van der Waals surface area contributed by atoms with Crippen molar-refractivity contribution in [3.63, 3.8) is 0 Å². The number of carbonyl (C=O) groups is 3. The molecule has 0 aliphatic carbocycles. The van der Waals surface area contributed by atoms with Crippen LogP contribution in [0.1, 0.15) is 28.9 Å². The molecule has 1 atom stereocenters. The van der Waals surface area contributed by atoms with Crippen LogP contribution < -0.4 is 4.90 Å². The molecule has 3 amide bonds. The zero-order valence-corrected chi connectivity index (χ0v) is 15.6. The van der Waals surface area contributed by atoms with Gasteiger partial charge in [-0.25, -0.2) is 14.9 Å². The maximum atomic E-state index is 13.1. The van der Waals surface area contributed by atoms with Crippen LogP contribution in [-0.2, 0) is 9.59 Å². The molecule has 0 saturated carbocycles. The summed E-state index contributed by atoms with van der Waals surface area (Å²) in [5.41, 5.74) is 1.56. The van der Waals surface area contributed by atoms with Crippen molar-refractivity contribution in [1.29, 1.82) is 0 Å². The molecule has 1 fully saturated rings. The van der Waals surface area contributed by atoms with Gasteiger partial charge in [0.25, 0.3) is 11.8 Å². The van der Waals surface area contributed by atoms with Crippen molar-refractivity contribution in [3.8, 4) is 0 Å². The third-order valence-electron chi connectivity index (χ3n) is 4.74. The Morgan fingerprint density at radius 3 is 2.89 bits per heavy atom. The molecule has 0 N–H and O–H groups in total. The molecule has 8 heteroatoms. The number of aryl methyl sites for hydroxylation is 1. The second-order valence-corrected chi connectivity index (χ2v) is 7.45. The van der Waals surface area contributed by atoms with E-state index in [0.29, 0.717) is 29.4 Å². The summed E-state index contributed by atoms with van der Waals surface area (Å²) in [5.74, 6) is -0.873. The first-order valence-corrected chi connectivity index (χ1v) is 9.74. The second kappa shape index (κ2) is 7.11. The number of carbonyl (C=O) groups excluding carboxylic acids is 3. The summed E-state index contributed by atoms with van der Waals surface area (Å²) in [6.07, 6.45) is 2.98. The minimum atomic E-state index is -0.575. The quantitative estimate of drug-likeness (QED) is 0.597. The van der Waals surface area contributed by atoms with E-state index in [1.54, 1.807) is 41.4 Å². The van der Waals surface area contributed by atoms with Crippen LogP contribution in [-0.4, -0.2) is 50.9 Å². The van der Waals surface area contributed by atoms with Gasteiger partial charge < -0.3 is 4.90 Å². The molecule has 2 aliphatic heterocycles. The van der Waals surface area contributed by atoms with E-state index in [1.807, 2.05) is 6.92 Å². The van der Waals surface area contributed by atoms with Gasteiger partial charge in [0.05, 0.1) is 17.0 Å². The summed E-state index contributed by atoms with van der Waals surface area (Å²) in [6, 6.07) is 8.00. The number of para-hydroxylation sites is 1. The van der Waals surface area contributed by atoms with E-state index in [1.165, 1.54) is 16.7 Å². The smallest absolute Gasteiger partial charge is 0.256 e. The topological polar surface area (TPSA) is 83.5 Å². The second-order valence-electron chi connectivity index (χ2n) is 6.51. The fourth-order valence-electron chi connectivity index (χ4n) is 3.48. The third kappa shape index (κ3) is 3.21. The fourth-order valence-corrected chi connectivity index (χ4v) is 4.21. The number of amides is 3. The van der Waals surface area contributed by atoms with Gasteiger partial charge >= 0.3 is 0 Å². The van der Waals surface area contributed by atoms with Gasteiger partial charge in [-0.2, -0.15) is 0 Å². The zero-order chi connectivity index (χ0) is 19.0. The molecule has 4 rings (SSSR count). The lowest BCUT2D eigenvalue weighted by Crippen LogP contribution is -2.47. The first kappa shape index (κ1) is 17.7. The number of hydrogen-bond donors (Lipinski definition) is 0. The van der Waals surface area contributed by atoms with Crippen LogP contribution in [0, 0.1) is 6.92 Å². The maximum absolute atomic E-state index is 13.1. The Balaban J connectivity index is 1.65. The van der Waals surface area contributed by atoms with Gasteiger partial charge in [-0.1, -0.05) is 23.9 Å². The van der Waals surface area contributed by atoms with E-state index in [4.69, 9.17) is 0 Å². The SMILES string of the molecule is Cc1ccnc(SCC(=O)N2C(=O)[C@@H]3CCCN3C(=O)c3ccccc32)n1. The fraction of sp³-hybridized carbons (Fsp3) is 0.316. The molecule has 2 aromatic rings. The summed E-state index contributed by atoms with van der Waals surface area (Å²) in [7, 11) is 0. The number of imide groups is 1. The van der Waals surface area contributed by atoms with Gasteiger partial charge in [-0.15, -0.1) is 0 Å². The van der Waals surface area contributed by atoms with Crippen molar-refractivity contribution in [2.45, 2.75) is 31.0 Å². The van der Waals surface area contributed by atoms with E-state index in [9.17, 15) is 14.4 Å². The van der Waals surface area contributed by atoms with Gasteiger partial charge in [0, 0.05) is 18.4 Å². The molecule has 7 nitrogen and oxygen atoms in total. The number of hydrogen-bond acceptors (Lipinski definition) is 6. The maximum Gasteiger partial charge on any atom is 0.256 e. The van der Waals surface area contributed by atoms with E-state index >= 15 is 0 Å². The van der Waals surface area contributed by atoms with Crippen LogP contribution in [0.3, 0.4) is 0 Å². The third-order valence-corrected chi connectivity index (χ3v) is 5.59. The van der Waals surface area contributed by atoms with E-state index < -0.39 is 6.04 Å². The molecule has 0 radical (unpaired) electrons. The number of benzene rings is 1. The van der Waals surface area contributed by atoms with E-state index in [-0.39, 0.29) is 23.5 Å². The van der Waals surface area contributed by atoms with E-state index in [2.05, 4.69) is 9.97 Å². The van der Waals surface area contributed by atoms with Gasteiger partial charge in [-0.3, -0.25) is 14.4 Å². The van der Waals surface area contributed by atoms with Gasteiger partial charge in [0.15, 0.2) is 5.16 Å². The normalized spacial score (nSPS) is 18.9. The number of aromatic nitrogens is 2. The molecule has 1 saturated heterocycles. The lowest BCUT2D eigenvalue weighted by molar-refractivity contribution is -0.127. The lowest BCUT2D eigenvalue weighted by Gasteiger charge is -2.24. The lowest BCUT2D eigenvalue weighted by atomic mass is 10.1. The highest BCUT2D eigenvalue weighted by atomic mass is 32.2. The monoisotopic (exact) mass is 382 g/mol. The van der Waals surface area contributed by atoms with Crippen LogP contribution in [0.4, 0.5) is 5.69 Å². The van der Waals surface area contributed by atoms with Crippen LogP contribution in [0.2, 0.25) is 0 Å². The number of anilines is 1.